The Kier molecular flexibility index (Phi) is 4.67. The lowest BCUT2D eigenvalue weighted by atomic mass is 9.87. The Morgan fingerprint density at radius 3 is 2.54 bits per heavy atom. The smallest absolute Gasteiger partial charge is 0.325 e. The number of hydrogen-bond acceptors (Lipinski definition) is 4. The Morgan fingerprint density at radius 1 is 1.15 bits per heavy atom. The molecular weight excluding hydrogens is 332 g/mol. The van der Waals surface area contributed by atoms with Crippen molar-refractivity contribution in [1.82, 2.24) is 20.0 Å². The molecule has 4 rings (SSSR count). The largest absolute Gasteiger partial charge is 0.340 e. The molecule has 4 aliphatic rings. The lowest BCUT2D eigenvalue weighted by Crippen LogP contribution is -2.56. The molecule has 7 nitrogen and oxygen atoms in total. The monoisotopic (exact) mass is 362 g/mol. The normalized spacial score (nSPS) is 29.3. The first-order valence-corrected chi connectivity index (χ1v) is 10.2. The molecule has 26 heavy (non-hydrogen) atoms. The van der Waals surface area contributed by atoms with Crippen molar-refractivity contribution in [2.75, 3.05) is 32.7 Å². The highest BCUT2D eigenvalue weighted by Crippen LogP contribution is 2.35. The zero-order chi connectivity index (χ0) is 18.3. The Bertz CT molecular complexity index is 596. The average Bonchev–Trinajstić information content (AvgIpc) is 3.45. The maximum atomic E-state index is 13.2. The van der Waals surface area contributed by atoms with E-state index in [2.05, 4.69) is 17.1 Å². The fraction of sp³-hybridized carbons (Fsp3) is 0.842. The molecular formula is C19H30N4O3. The van der Waals surface area contributed by atoms with E-state index in [9.17, 15) is 14.4 Å². The number of carbonyl (C=O) groups is 3. The van der Waals surface area contributed by atoms with Crippen molar-refractivity contribution < 1.29 is 14.4 Å². The number of amides is 4. The average molecular weight is 362 g/mol. The summed E-state index contributed by atoms with van der Waals surface area (Å²) in [6, 6.07) is -0.434. The van der Waals surface area contributed by atoms with Crippen molar-refractivity contribution in [3.05, 3.63) is 0 Å². The summed E-state index contributed by atoms with van der Waals surface area (Å²) in [4.78, 5) is 43.9. The summed E-state index contributed by atoms with van der Waals surface area (Å²) < 4.78 is 0. The quantitative estimate of drug-likeness (QED) is 0.763. The van der Waals surface area contributed by atoms with Gasteiger partial charge in [-0.2, -0.15) is 0 Å². The molecule has 3 heterocycles. The maximum absolute atomic E-state index is 13.2. The van der Waals surface area contributed by atoms with Gasteiger partial charge >= 0.3 is 6.03 Å². The summed E-state index contributed by atoms with van der Waals surface area (Å²) in [5, 5.41) is 3.02. The van der Waals surface area contributed by atoms with Crippen molar-refractivity contribution in [3.8, 4) is 0 Å². The summed E-state index contributed by atoms with van der Waals surface area (Å²) in [6.07, 6.45) is 6.10. The summed E-state index contributed by atoms with van der Waals surface area (Å²) in [6.45, 7) is 6.17. The molecule has 1 atom stereocenters. The predicted octanol–water partition coefficient (Wildman–Crippen LogP) is 1.18. The summed E-state index contributed by atoms with van der Waals surface area (Å²) >= 11 is 0. The second-order valence-electron chi connectivity index (χ2n) is 8.38. The molecule has 4 amide bonds. The van der Waals surface area contributed by atoms with Gasteiger partial charge in [-0.15, -0.1) is 0 Å². The lowest BCUT2D eigenvalue weighted by molar-refractivity contribution is -0.139. The van der Waals surface area contributed by atoms with Gasteiger partial charge in [0.2, 0.25) is 5.91 Å². The van der Waals surface area contributed by atoms with E-state index in [-0.39, 0.29) is 29.8 Å². The van der Waals surface area contributed by atoms with Gasteiger partial charge in [0, 0.05) is 32.1 Å². The molecule has 1 saturated carbocycles. The molecule has 3 saturated heterocycles. The summed E-state index contributed by atoms with van der Waals surface area (Å²) in [7, 11) is 0. The van der Waals surface area contributed by atoms with E-state index >= 15 is 0 Å². The fourth-order valence-corrected chi connectivity index (χ4v) is 4.74. The van der Waals surface area contributed by atoms with Crippen LogP contribution in [0.5, 0.6) is 0 Å². The van der Waals surface area contributed by atoms with Gasteiger partial charge < -0.3 is 15.1 Å². The Hall–Kier alpha value is -1.63. The number of likely N-dealkylation sites (tertiary alicyclic amines) is 2. The van der Waals surface area contributed by atoms with Gasteiger partial charge in [-0.05, 0) is 51.5 Å². The molecule has 3 aliphatic heterocycles. The Labute approximate surface area is 155 Å². The highest BCUT2D eigenvalue weighted by Gasteiger charge is 2.54. The van der Waals surface area contributed by atoms with Crippen molar-refractivity contribution >= 4 is 17.8 Å². The molecule has 0 unspecified atom stereocenters. The lowest BCUT2D eigenvalue weighted by Gasteiger charge is -2.39. The number of hydrogen-bond donors (Lipinski definition) is 1. The number of piperidine rings is 2. The molecule has 0 bridgehead atoms. The summed E-state index contributed by atoms with van der Waals surface area (Å²) in [5.41, 5.74) is -0.718. The van der Waals surface area contributed by atoms with Crippen molar-refractivity contribution in [2.45, 2.75) is 63.5 Å². The van der Waals surface area contributed by atoms with Crippen LogP contribution in [0.2, 0.25) is 0 Å². The third-order valence-electron chi connectivity index (χ3n) is 6.44. The summed E-state index contributed by atoms with van der Waals surface area (Å²) in [5.74, 6) is 0.333. The van der Waals surface area contributed by atoms with Crippen molar-refractivity contribution in [1.29, 1.82) is 0 Å². The van der Waals surface area contributed by atoms with Gasteiger partial charge in [-0.3, -0.25) is 14.5 Å². The van der Waals surface area contributed by atoms with Gasteiger partial charge in [0.15, 0.2) is 0 Å². The number of imide groups is 1. The molecule has 0 aromatic rings. The molecule has 1 N–H and O–H groups in total. The minimum atomic E-state index is -0.718. The first-order valence-electron chi connectivity index (χ1n) is 10.2. The topological polar surface area (TPSA) is 73.0 Å². The van der Waals surface area contributed by atoms with E-state index in [1.807, 2.05) is 4.90 Å². The SMILES string of the molecule is CCCN1CCC2(CC1)NC(=O)N([C@H]1CCCN(C(=O)C3CC3)C1)C2=O. The standard InChI is InChI=1S/C19H30N4O3/c1-2-9-21-11-7-19(8-12-21)17(25)23(18(26)20-19)15-4-3-10-22(13-15)16(24)14-5-6-14/h14-15H,2-13H2,1H3,(H,20,26)/t15-/m0/s1. The van der Waals surface area contributed by atoms with E-state index in [0.29, 0.717) is 19.4 Å². The molecule has 4 fully saturated rings. The van der Waals surface area contributed by atoms with Crippen LogP contribution in [-0.2, 0) is 9.59 Å². The van der Waals surface area contributed by atoms with Gasteiger partial charge in [0.05, 0.1) is 6.04 Å². The predicted molar refractivity (Wildman–Crippen MR) is 96.4 cm³/mol. The van der Waals surface area contributed by atoms with Crippen LogP contribution in [0, 0.1) is 5.92 Å². The van der Waals surface area contributed by atoms with Crippen LogP contribution >= 0.6 is 0 Å². The van der Waals surface area contributed by atoms with E-state index in [1.54, 1.807) is 0 Å². The van der Waals surface area contributed by atoms with E-state index in [0.717, 1.165) is 58.3 Å². The zero-order valence-corrected chi connectivity index (χ0v) is 15.7. The third-order valence-corrected chi connectivity index (χ3v) is 6.44. The fourth-order valence-electron chi connectivity index (χ4n) is 4.74. The molecule has 1 aliphatic carbocycles. The number of urea groups is 1. The van der Waals surface area contributed by atoms with E-state index in [4.69, 9.17) is 0 Å². The van der Waals surface area contributed by atoms with Crippen LogP contribution in [0.25, 0.3) is 0 Å². The Morgan fingerprint density at radius 2 is 1.88 bits per heavy atom. The van der Waals surface area contributed by atoms with Gasteiger partial charge in [0.1, 0.15) is 5.54 Å². The minimum Gasteiger partial charge on any atom is -0.340 e. The third kappa shape index (κ3) is 3.10. The van der Waals surface area contributed by atoms with Gasteiger partial charge in [0.25, 0.3) is 5.91 Å². The number of carbonyl (C=O) groups excluding carboxylic acids is 3. The van der Waals surface area contributed by atoms with Crippen LogP contribution in [-0.4, -0.2) is 76.8 Å². The zero-order valence-electron chi connectivity index (χ0n) is 15.7. The second kappa shape index (κ2) is 6.83. The van der Waals surface area contributed by atoms with Crippen molar-refractivity contribution in [3.63, 3.8) is 0 Å². The highest BCUT2D eigenvalue weighted by molar-refractivity contribution is 6.07. The maximum Gasteiger partial charge on any atom is 0.325 e. The van der Waals surface area contributed by atoms with Crippen LogP contribution in [0.15, 0.2) is 0 Å². The first-order chi connectivity index (χ1) is 12.5. The van der Waals surface area contributed by atoms with Crippen LogP contribution in [0.3, 0.4) is 0 Å². The number of rotatable bonds is 4. The molecule has 144 valence electrons. The van der Waals surface area contributed by atoms with Gasteiger partial charge in [-0.25, -0.2) is 4.79 Å². The number of nitrogens with one attached hydrogen (secondary N) is 1. The highest BCUT2D eigenvalue weighted by atomic mass is 16.2. The van der Waals surface area contributed by atoms with Crippen LogP contribution in [0.1, 0.15) is 51.9 Å². The van der Waals surface area contributed by atoms with E-state index < -0.39 is 5.54 Å². The molecule has 0 radical (unpaired) electrons. The number of nitrogens with zero attached hydrogens (tertiary/aromatic N) is 3. The Balaban J connectivity index is 1.43. The van der Waals surface area contributed by atoms with Crippen LogP contribution in [0.4, 0.5) is 4.79 Å². The second-order valence-corrected chi connectivity index (χ2v) is 8.38. The molecule has 1 spiro atoms. The first kappa shape index (κ1) is 17.8. The molecule has 7 heteroatoms. The van der Waals surface area contributed by atoms with Crippen LogP contribution < -0.4 is 5.32 Å². The van der Waals surface area contributed by atoms with E-state index in [1.165, 1.54) is 4.90 Å². The molecule has 0 aromatic carbocycles. The molecule has 0 aromatic heterocycles. The minimum absolute atomic E-state index is 0.0654. The van der Waals surface area contributed by atoms with Gasteiger partial charge in [-0.1, -0.05) is 6.92 Å². The van der Waals surface area contributed by atoms with Crippen molar-refractivity contribution in [2.24, 2.45) is 5.92 Å².